The molecular weight excluding hydrogens is 266 g/mol. The Morgan fingerprint density at radius 3 is 2.62 bits per heavy atom. The molecule has 3 heterocycles. The molecule has 114 valence electrons. The second kappa shape index (κ2) is 5.13. The third kappa shape index (κ3) is 2.59. The van der Waals surface area contributed by atoms with Crippen LogP contribution in [-0.2, 0) is 4.74 Å². The van der Waals surface area contributed by atoms with Crippen molar-refractivity contribution in [2.75, 3.05) is 26.3 Å². The average Bonchev–Trinajstić information content (AvgIpc) is 3.26. The van der Waals surface area contributed by atoms with Gasteiger partial charge in [-0.25, -0.2) is 0 Å². The number of H-pyrrole nitrogens is 1. The maximum atomic E-state index is 12.5. The van der Waals surface area contributed by atoms with Crippen LogP contribution in [0.4, 0.5) is 0 Å². The van der Waals surface area contributed by atoms with Crippen LogP contribution in [0.2, 0.25) is 0 Å². The molecule has 1 aromatic heterocycles. The highest BCUT2D eigenvalue weighted by atomic mass is 16.5. The summed E-state index contributed by atoms with van der Waals surface area (Å²) in [6, 6.07) is 1.96. The summed E-state index contributed by atoms with van der Waals surface area (Å²) in [6.45, 7) is 3.50. The van der Waals surface area contributed by atoms with E-state index >= 15 is 0 Å². The number of rotatable bonds is 2. The Hall–Kier alpha value is -1.36. The smallest absolute Gasteiger partial charge is 0.274 e. The van der Waals surface area contributed by atoms with Gasteiger partial charge in [-0.1, -0.05) is 0 Å². The number of nitrogens with zero attached hydrogens (tertiary/aromatic N) is 2. The SMILES string of the molecule is O=C(c1cc(C2CC2)[nH]n1)N1CCC2(CCOCC2)CC1. The molecule has 1 aromatic rings. The number of hydrogen-bond acceptors (Lipinski definition) is 3. The molecule has 21 heavy (non-hydrogen) atoms. The molecule has 1 spiro atoms. The number of aromatic nitrogens is 2. The average molecular weight is 289 g/mol. The Morgan fingerprint density at radius 2 is 1.95 bits per heavy atom. The molecule has 0 radical (unpaired) electrons. The molecule has 0 bridgehead atoms. The van der Waals surface area contributed by atoms with Crippen molar-refractivity contribution in [1.29, 1.82) is 0 Å². The lowest BCUT2D eigenvalue weighted by Gasteiger charge is -2.43. The fourth-order valence-corrected chi connectivity index (χ4v) is 3.70. The van der Waals surface area contributed by atoms with E-state index in [1.165, 1.54) is 12.8 Å². The molecule has 1 aliphatic carbocycles. The molecule has 5 heteroatoms. The van der Waals surface area contributed by atoms with E-state index in [2.05, 4.69) is 10.2 Å². The fraction of sp³-hybridized carbons (Fsp3) is 0.750. The van der Waals surface area contributed by atoms with Gasteiger partial charge in [-0.15, -0.1) is 0 Å². The van der Waals surface area contributed by atoms with Crippen molar-refractivity contribution < 1.29 is 9.53 Å². The minimum absolute atomic E-state index is 0.0973. The van der Waals surface area contributed by atoms with E-state index < -0.39 is 0 Å². The van der Waals surface area contributed by atoms with Crippen molar-refractivity contribution in [2.24, 2.45) is 5.41 Å². The Bertz CT molecular complexity index is 519. The van der Waals surface area contributed by atoms with Crippen LogP contribution in [0, 0.1) is 5.41 Å². The van der Waals surface area contributed by atoms with Crippen LogP contribution in [0.25, 0.3) is 0 Å². The molecule has 2 saturated heterocycles. The maximum absolute atomic E-state index is 12.5. The van der Waals surface area contributed by atoms with E-state index in [9.17, 15) is 4.79 Å². The summed E-state index contributed by atoms with van der Waals surface area (Å²) >= 11 is 0. The van der Waals surface area contributed by atoms with Gasteiger partial charge in [0.2, 0.25) is 0 Å². The van der Waals surface area contributed by atoms with E-state index in [1.54, 1.807) is 0 Å². The molecule has 3 fully saturated rings. The van der Waals surface area contributed by atoms with E-state index in [0.717, 1.165) is 57.7 Å². The summed E-state index contributed by atoms with van der Waals surface area (Å²) in [6.07, 6.45) is 6.99. The number of carbonyl (C=O) groups excluding carboxylic acids is 1. The zero-order valence-corrected chi connectivity index (χ0v) is 12.4. The topological polar surface area (TPSA) is 58.2 Å². The van der Waals surface area contributed by atoms with Crippen LogP contribution in [0.3, 0.4) is 0 Å². The Labute approximate surface area is 125 Å². The van der Waals surface area contributed by atoms with Crippen molar-refractivity contribution in [3.05, 3.63) is 17.5 Å². The number of nitrogens with one attached hydrogen (secondary N) is 1. The molecule has 1 amide bonds. The van der Waals surface area contributed by atoms with Crippen molar-refractivity contribution in [3.8, 4) is 0 Å². The zero-order valence-electron chi connectivity index (χ0n) is 12.4. The Balaban J connectivity index is 1.39. The Kier molecular flexibility index (Phi) is 3.25. The van der Waals surface area contributed by atoms with Crippen molar-refractivity contribution >= 4 is 5.91 Å². The van der Waals surface area contributed by atoms with Crippen LogP contribution >= 0.6 is 0 Å². The number of amides is 1. The predicted octanol–water partition coefficient (Wildman–Crippen LogP) is 2.32. The van der Waals surface area contributed by atoms with Crippen LogP contribution in [0.15, 0.2) is 6.07 Å². The summed E-state index contributed by atoms with van der Waals surface area (Å²) in [5.41, 5.74) is 2.16. The van der Waals surface area contributed by atoms with Crippen molar-refractivity contribution in [3.63, 3.8) is 0 Å². The van der Waals surface area contributed by atoms with Crippen LogP contribution in [0.1, 0.15) is 60.6 Å². The van der Waals surface area contributed by atoms with Gasteiger partial charge in [0.25, 0.3) is 5.91 Å². The number of hydrogen-bond donors (Lipinski definition) is 1. The standard InChI is InChI=1S/C16H23N3O2/c20-15(14-11-13(17-18-14)12-1-2-12)19-7-3-16(4-8-19)5-9-21-10-6-16/h11-12H,1-10H2,(H,17,18). The quantitative estimate of drug-likeness (QED) is 0.909. The molecule has 5 nitrogen and oxygen atoms in total. The minimum atomic E-state index is 0.0973. The number of likely N-dealkylation sites (tertiary alicyclic amines) is 1. The molecule has 0 atom stereocenters. The number of ether oxygens (including phenoxy) is 1. The summed E-state index contributed by atoms with van der Waals surface area (Å²) in [7, 11) is 0. The monoisotopic (exact) mass is 289 g/mol. The molecule has 0 unspecified atom stereocenters. The highest BCUT2D eigenvalue weighted by Crippen LogP contribution is 2.41. The van der Waals surface area contributed by atoms with E-state index in [0.29, 0.717) is 17.0 Å². The van der Waals surface area contributed by atoms with Crippen LogP contribution < -0.4 is 0 Å². The van der Waals surface area contributed by atoms with Gasteiger partial charge < -0.3 is 9.64 Å². The largest absolute Gasteiger partial charge is 0.381 e. The molecule has 2 aliphatic heterocycles. The first-order valence-corrected chi connectivity index (χ1v) is 8.18. The molecule has 4 rings (SSSR count). The highest BCUT2D eigenvalue weighted by molar-refractivity contribution is 5.92. The molecule has 0 aromatic carbocycles. The van der Waals surface area contributed by atoms with E-state index in [4.69, 9.17) is 4.74 Å². The number of aromatic amines is 1. The highest BCUT2D eigenvalue weighted by Gasteiger charge is 2.37. The van der Waals surface area contributed by atoms with E-state index in [1.807, 2.05) is 11.0 Å². The second-order valence-electron chi connectivity index (χ2n) is 6.89. The second-order valence-corrected chi connectivity index (χ2v) is 6.89. The normalized spacial score (nSPS) is 25.2. The molecule has 1 N–H and O–H groups in total. The predicted molar refractivity (Wildman–Crippen MR) is 78.2 cm³/mol. The van der Waals surface area contributed by atoms with Gasteiger partial charge in [0.1, 0.15) is 5.69 Å². The first-order valence-electron chi connectivity index (χ1n) is 8.18. The van der Waals surface area contributed by atoms with Gasteiger partial charge in [0.15, 0.2) is 0 Å². The molecule has 3 aliphatic rings. The first-order chi connectivity index (χ1) is 10.3. The van der Waals surface area contributed by atoms with Crippen LogP contribution in [-0.4, -0.2) is 47.3 Å². The van der Waals surface area contributed by atoms with E-state index in [-0.39, 0.29) is 5.91 Å². The third-order valence-corrected chi connectivity index (χ3v) is 5.50. The molecular formula is C16H23N3O2. The Morgan fingerprint density at radius 1 is 1.24 bits per heavy atom. The summed E-state index contributed by atoms with van der Waals surface area (Å²) in [5.74, 6) is 0.714. The zero-order chi connectivity index (χ0) is 14.3. The summed E-state index contributed by atoms with van der Waals surface area (Å²) in [4.78, 5) is 14.5. The fourth-order valence-electron chi connectivity index (χ4n) is 3.70. The van der Waals surface area contributed by atoms with Gasteiger partial charge in [-0.3, -0.25) is 9.89 Å². The number of carbonyl (C=O) groups is 1. The summed E-state index contributed by atoms with van der Waals surface area (Å²) in [5, 5.41) is 7.25. The maximum Gasteiger partial charge on any atom is 0.274 e. The van der Waals surface area contributed by atoms with Gasteiger partial charge in [0.05, 0.1) is 0 Å². The first kappa shape index (κ1) is 13.3. The summed E-state index contributed by atoms with van der Waals surface area (Å²) < 4.78 is 5.48. The molecule has 1 saturated carbocycles. The van der Waals surface area contributed by atoms with Gasteiger partial charge in [0, 0.05) is 37.9 Å². The number of piperidine rings is 1. The van der Waals surface area contributed by atoms with Crippen molar-refractivity contribution in [1.82, 2.24) is 15.1 Å². The van der Waals surface area contributed by atoms with Gasteiger partial charge in [-0.05, 0) is 50.0 Å². The lowest BCUT2D eigenvalue weighted by Crippen LogP contribution is -2.45. The van der Waals surface area contributed by atoms with Gasteiger partial charge >= 0.3 is 0 Å². The minimum Gasteiger partial charge on any atom is -0.381 e. The van der Waals surface area contributed by atoms with Crippen molar-refractivity contribution in [2.45, 2.75) is 44.4 Å². The lowest BCUT2D eigenvalue weighted by molar-refractivity contribution is -0.0176. The van der Waals surface area contributed by atoms with Crippen LogP contribution in [0.5, 0.6) is 0 Å². The van der Waals surface area contributed by atoms with Gasteiger partial charge in [-0.2, -0.15) is 5.10 Å². The third-order valence-electron chi connectivity index (χ3n) is 5.50. The lowest BCUT2D eigenvalue weighted by atomic mass is 9.72.